The van der Waals surface area contributed by atoms with Gasteiger partial charge in [-0.3, -0.25) is 4.90 Å². The average Bonchev–Trinajstić information content (AvgIpc) is 2.60. The number of likely N-dealkylation sites (tertiary alicyclic amines) is 1. The minimum absolute atomic E-state index is 0.215. The van der Waals surface area contributed by atoms with E-state index in [0.29, 0.717) is 19.6 Å². The van der Waals surface area contributed by atoms with Crippen LogP contribution in [0, 0.1) is 0 Å². The molecule has 4 N–H and O–H groups in total. The highest BCUT2D eigenvalue weighted by atomic mass is 16.5. The van der Waals surface area contributed by atoms with Crippen LogP contribution in [0.5, 0.6) is 0 Å². The molecule has 92 valence electrons. The molecule has 0 radical (unpaired) electrons. The van der Waals surface area contributed by atoms with Gasteiger partial charge in [-0.2, -0.15) is 0 Å². The van der Waals surface area contributed by atoms with Gasteiger partial charge in [0.05, 0.1) is 18.2 Å². The SMILES string of the molecule is NC(CN1CC[C@]2(C[C@H](O)CCO2)C1)=NO. The highest BCUT2D eigenvalue weighted by molar-refractivity contribution is 5.81. The average molecular weight is 229 g/mol. The van der Waals surface area contributed by atoms with Crippen molar-refractivity contribution in [3.63, 3.8) is 0 Å². The van der Waals surface area contributed by atoms with E-state index < -0.39 is 0 Å². The first-order chi connectivity index (χ1) is 7.63. The molecule has 6 nitrogen and oxygen atoms in total. The van der Waals surface area contributed by atoms with Crippen LogP contribution in [0.2, 0.25) is 0 Å². The van der Waals surface area contributed by atoms with Crippen molar-refractivity contribution in [2.45, 2.75) is 31.0 Å². The van der Waals surface area contributed by atoms with Gasteiger partial charge in [-0.1, -0.05) is 5.16 Å². The number of nitrogens with zero attached hydrogens (tertiary/aromatic N) is 2. The predicted molar refractivity (Wildman–Crippen MR) is 58.4 cm³/mol. The summed E-state index contributed by atoms with van der Waals surface area (Å²) in [6.07, 6.45) is 2.07. The van der Waals surface area contributed by atoms with Crippen LogP contribution in [0.15, 0.2) is 5.16 Å². The van der Waals surface area contributed by atoms with E-state index in [9.17, 15) is 5.11 Å². The number of amidine groups is 1. The van der Waals surface area contributed by atoms with E-state index in [-0.39, 0.29) is 17.5 Å². The van der Waals surface area contributed by atoms with Crippen molar-refractivity contribution in [3.8, 4) is 0 Å². The zero-order valence-corrected chi connectivity index (χ0v) is 9.30. The van der Waals surface area contributed by atoms with Gasteiger partial charge in [-0.25, -0.2) is 0 Å². The van der Waals surface area contributed by atoms with Crippen molar-refractivity contribution in [1.29, 1.82) is 0 Å². The molecular formula is C10H19N3O3. The topological polar surface area (TPSA) is 91.3 Å². The molecule has 2 fully saturated rings. The van der Waals surface area contributed by atoms with Gasteiger partial charge in [0.25, 0.3) is 0 Å². The van der Waals surface area contributed by atoms with Gasteiger partial charge in [0.15, 0.2) is 5.84 Å². The molecule has 0 amide bonds. The molecule has 0 aromatic rings. The first-order valence-corrected chi connectivity index (χ1v) is 5.64. The van der Waals surface area contributed by atoms with Crippen LogP contribution in [-0.2, 0) is 4.74 Å². The van der Waals surface area contributed by atoms with Crippen LogP contribution in [0.25, 0.3) is 0 Å². The quantitative estimate of drug-likeness (QED) is 0.253. The van der Waals surface area contributed by atoms with Gasteiger partial charge in [0.1, 0.15) is 0 Å². The lowest BCUT2D eigenvalue weighted by atomic mass is 9.91. The van der Waals surface area contributed by atoms with Crippen molar-refractivity contribution in [2.75, 3.05) is 26.2 Å². The molecule has 0 aromatic heterocycles. The van der Waals surface area contributed by atoms with Gasteiger partial charge >= 0.3 is 0 Å². The van der Waals surface area contributed by atoms with E-state index in [4.69, 9.17) is 15.7 Å². The highest BCUT2D eigenvalue weighted by Crippen LogP contribution is 2.33. The first-order valence-electron chi connectivity index (χ1n) is 5.64. The molecular weight excluding hydrogens is 210 g/mol. The fourth-order valence-corrected chi connectivity index (χ4v) is 2.61. The number of rotatable bonds is 2. The molecule has 2 atom stereocenters. The summed E-state index contributed by atoms with van der Waals surface area (Å²) in [6.45, 7) is 2.69. The van der Waals surface area contributed by atoms with Gasteiger partial charge in [-0.05, 0) is 12.8 Å². The molecule has 2 aliphatic rings. The van der Waals surface area contributed by atoms with Crippen molar-refractivity contribution in [1.82, 2.24) is 4.90 Å². The minimum atomic E-state index is -0.252. The second-order valence-electron chi connectivity index (χ2n) is 4.73. The Morgan fingerprint density at radius 2 is 2.44 bits per heavy atom. The van der Waals surface area contributed by atoms with E-state index in [1.165, 1.54) is 0 Å². The maximum atomic E-state index is 9.66. The van der Waals surface area contributed by atoms with Crippen LogP contribution >= 0.6 is 0 Å². The lowest BCUT2D eigenvalue weighted by Crippen LogP contribution is -2.45. The Hall–Kier alpha value is -0.850. The molecule has 2 heterocycles. The first kappa shape index (κ1) is 11.6. The second kappa shape index (κ2) is 4.57. The number of oxime groups is 1. The van der Waals surface area contributed by atoms with E-state index in [1.807, 2.05) is 0 Å². The van der Waals surface area contributed by atoms with Gasteiger partial charge < -0.3 is 20.8 Å². The van der Waals surface area contributed by atoms with Crippen molar-refractivity contribution in [2.24, 2.45) is 10.9 Å². The Morgan fingerprint density at radius 3 is 3.12 bits per heavy atom. The summed E-state index contributed by atoms with van der Waals surface area (Å²) in [5, 5.41) is 21.1. The molecule has 2 saturated heterocycles. The Labute approximate surface area is 94.7 Å². The summed E-state index contributed by atoms with van der Waals surface area (Å²) in [5.74, 6) is 0.216. The smallest absolute Gasteiger partial charge is 0.153 e. The summed E-state index contributed by atoms with van der Waals surface area (Å²) in [7, 11) is 0. The lowest BCUT2D eigenvalue weighted by molar-refractivity contribution is -0.110. The zero-order valence-electron chi connectivity index (χ0n) is 9.30. The molecule has 0 aliphatic carbocycles. The highest BCUT2D eigenvalue weighted by Gasteiger charge is 2.42. The number of ether oxygens (including phenoxy) is 1. The summed E-state index contributed by atoms with van der Waals surface area (Å²) in [4.78, 5) is 2.09. The van der Waals surface area contributed by atoms with Crippen LogP contribution in [-0.4, -0.2) is 59.0 Å². The van der Waals surface area contributed by atoms with E-state index >= 15 is 0 Å². The number of aliphatic hydroxyl groups is 1. The summed E-state index contributed by atoms with van der Waals surface area (Å²) < 4.78 is 5.80. The molecule has 6 heteroatoms. The van der Waals surface area contributed by atoms with Gasteiger partial charge in [0, 0.05) is 26.1 Å². The second-order valence-corrected chi connectivity index (χ2v) is 4.73. The number of aliphatic hydroxyl groups excluding tert-OH is 1. The third-order valence-corrected chi connectivity index (χ3v) is 3.38. The number of hydrogen-bond acceptors (Lipinski definition) is 5. The third-order valence-electron chi connectivity index (χ3n) is 3.38. The fourth-order valence-electron chi connectivity index (χ4n) is 2.61. The van der Waals surface area contributed by atoms with E-state index in [2.05, 4.69) is 10.1 Å². The monoisotopic (exact) mass is 229 g/mol. The maximum Gasteiger partial charge on any atom is 0.153 e. The van der Waals surface area contributed by atoms with Gasteiger partial charge in [0.2, 0.25) is 0 Å². The molecule has 0 saturated carbocycles. The number of nitrogens with two attached hydrogens (primary N) is 1. The maximum absolute atomic E-state index is 9.66. The lowest BCUT2D eigenvalue weighted by Gasteiger charge is -2.36. The molecule has 1 spiro atoms. The Balaban J connectivity index is 1.91. The summed E-state index contributed by atoms with van der Waals surface area (Å²) >= 11 is 0. The molecule has 0 bridgehead atoms. The van der Waals surface area contributed by atoms with E-state index in [1.54, 1.807) is 0 Å². The van der Waals surface area contributed by atoms with Crippen LogP contribution in [0.3, 0.4) is 0 Å². The summed E-state index contributed by atoms with van der Waals surface area (Å²) in [5.41, 5.74) is 5.25. The van der Waals surface area contributed by atoms with Gasteiger partial charge in [-0.15, -0.1) is 0 Å². The molecule has 2 aliphatic heterocycles. The number of hydrogen-bond donors (Lipinski definition) is 3. The standard InChI is InChI=1S/C10H19N3O3/c11-9(12-15)6-13-3-2-10(7-13)5-8(14)1-4-16-10/h8,14-15H,1-7H2,(H2,11,12)/t8-,10+/m1/s1. The zero-order chi connectivity index (χ0) is 11.6. The minimum Gasteiger partial charge on any atom is -0.409 e. The largest absolute Gasteiger partial charge is 0.409 e. The fraction of sp³-hybridized carbons (Fsp3) is 0.900. The molecule has 0 unspecified atom stereocenters. The van der Waals surface area contributed by atoms with Crippen LogP contribution < -0.4 is 5.73 Å². The van der Waals surface area contributed by atoms with E-state index in [0.717, 1.165) is 25.9 Å². The van der Waals surface area contributed by atoms with Crippen molar-refractivity contribution >= 4 is 5.84 Å². The normalized spacial score (nSPS) is 37.1. The molecule has 0 aromatic carbocycles. The Bertz CT molecular complexity index is 284. The van der Waals surface area contributed by atoms with Crippen LogP contribution in [0.4, 0.5) is 0 Å². The predicted octanol–water partition coefficient (Wildman–Crippen LogP) is -0.651. The summed E-state index contributed by atoms with van der Waals surface area (Å²) in [6, 6.07) is 0. The van der Waals surface area contributed by atoms with Crippen molar-refractivity contribution < 1.29 is 15.1 Å². The van der Waals surface area contributed by atoms with Crippen LogP contribution in [0.1, 0.15) is 19.3 Å². The van der Waals surface area contributed by atoms with Crippen molar-refractivity contribution in [3.05, 3.63) is 0 Å². The Morgan fingerprint density at radius 1 is 1.62 bits per heavy atom. The molecule has 2 rings (SSSR count). The third kappa shape index (κ3) is 2.45. The Kier molecular flexibility index (Phi) is 3.32. The molecule has 16 heavy (non-hydrogen) atoms.